The van der Waals surface area contributed by atoms with Gasteiger partial charge in [0.25, 0.3) is 0 Å². The SMILES string of the molecule is CC(C)c1cc(COc2ccc3c(c2)CCN3C(=O)CNCCC(=O)O)ccc1C(F)(F)F. The van der Waals surface area contributed by atoms with Gasteiger partial charge < -0.3 is 20.1 Å². The summed E-state index contributed by atoms with van der Waals surface area (Å²) in [6.45, 7) is 4.38. The molecular weight excluding hydrogens is 437 g/mol. The third-order valence-electron chi connectivity index (χ3n) is 5.49. The number of hydrogen-bond acceptors (Lipinski definition) is 4. The van der Waals surface area contributed by atoms with E-state index in [-0.39, 0.29) is 43.5 Å². The normalized spacial score (nSPS) is 13.3. The Bertz CT molecular complexity index is 1020. The summed E-state index contributed by atoms with van der Waals surface area (Å²) in [5.41, 5.74) is 1.99. The molecule has 1 amide bonds. The van der Waals surface area contributed by atoms with Gasteiger partial charge in [0.1, 0.15) is 12.4 Å². The van der Waals surface area contributed by atoms with Crippen molar-refractivity contribution in [1.29, 1.82) is 0 Å². The smallest absolute Gasteiger partial charge is 0.416 e. The van der Waals surface area contributed by atoms with Gasteiger partial charge in [-0.15, -0.1) is 0 Å². The first-order valence-corrected chi connectivity index (χ1v) is 10.7. The van der Waals surface area contributed by atoms with Crippen LogP contribution in [0.25, 0.3) is 0 Å². The lowest BCUT2D eigenvalue weighted by atomic mass is 9.95. The summed E-state index contributed by atoms with van der Waals surface area (Å²) in [5, 5.41) is 11.5. The largest absolute Gasteiger partial charge is 0.489 e. The molecular formula is C24H27F3N2O4. The van der Waals surface area contributed by atoms with Gasteiger partial charge >= 0.3 is 12.1 Å². The maximum absolute atomic E-state index is 13.2. The van der Waals surface area contributed by atoms with Crippen molar-refractivity contribution in [1.82, 2.24) is 5.32 Å². The zero-order chi connectivity index (χ0) is 24.2. The standard InChI is InChI=1S/C24H27F3N2O4/c1-15(2)19-11-16(3-5-20(19)24(25,26)27)14-33-18-4-6-21-17(12-18)8-10-29(21)22(30)13-28-9-7-23(31)32/h3-6,11-12,15,28H,7-10,13-14H2,1-2H3,(H,31,32). The summed E-state index contributed by atoms with van der Waals surface area (Å²) in [6, 6.07) is 9.44. The minimum atomic E-state index is -4.39. The summed E-state index contributed by atoms with van der Waals surface area (Å²) < 4.78 is 45.5. The first-order chi connectivity index (χ1) is 15.6. The Kier molecular flexibility index (Phi) is 7.63. The van der Waals surface area contributed by atoms with Crippen molar-refractivity contribution in [2.45, 2.75) is 45.4 Å². The summed E-state index contributed by atoms with van der Waals surface area (Å²) >= 11 is 0. The Hall–Kier alpha value is -3.07. The second-order valence-electron chi connectivity index (χ2n) is 8.27. The zero-order valence-electron chi connectivity index (χ0n) is 18.5. The van der Waals surface area contributed by atoms with Gasteiger partial charge in [0.2, 0.25) is 5.91 Å². The fourth-order valence-electron chi connectivity index (χ4n) is 3.82. The lowest BCUT2D eigenvalue weighted by Gasteiger charge is -2.18. The van der Waals surface area contributed by atoms with Gasteiger partial charge in [-0.2, -0.15) is 13.2 Å². The van der Waals surface area contributed by atoms with Crippen LogP contribution in [0.5, 0.6) is 5.75 Å². The molecule has 0 unspecified atom stereocenters. The van der Waals surface area contributed by atoms with E-state index in [2.05, 4.69) is 5.32 Å². The van der Waals surface area contributed by atoms with Gasteiger partial charge in [0, 0.05) is 18.8 Å². The number of halogens is 3. The molecule has 1 aliphatic rings. The lowest BCUT2D eigenvalue weighted by Crippen LogP contribution is -2.37. The molecule has 1 heterocycles. The van der Waals surface area contributed by atoms with Crippen LogP contribution in [0.2, 0.25) is 0 Å². The number of nitrogens with one attached hydrogen (secondary N) is 1. The van der Waals surface area contributed by atoms with Crippen LogP contribution in [-0.2, 0) is 28.8 Å². The van der Waals surface area contributed by atoms with Crippen LogP contribution in [0.3, 0.4) is 0 Å². The van der Waals surface area contributed by atoms with Crippen molar-refractivity contribution in [3.05, 3.63) is 58.7 Å². The van der Waals surface area contributed by atoms with E-state index >= 15 is 0 Å². The third kappa shape index (κ3) is 6.25. The van der Waals surface area contributed by atoms with Crippen LogP contribution in [0.1, 0.15) is 48.4 Å². The number of aliphatic carboxylic acids is 1. The van der Waals surface area contributed by atoms with Crippen LogP contribution < -0.4 is 15.0 Å². The molecule has 2 aromatic rings. The summed E-state index contributed by atoms with van der Waals surface area (Å²) in [6.07, 6.45) is -3.79. The molecule has 33 heavy (non-hydrogen) atoms. The Morgan fingerprint density at radius 1 is 1.18 bits per heavy atom. The number of amides is 1. The van der Waals surface area contributed by atoms with Gasteiger partial charge in [0.05, 0.1) is 18.5 Å². The molecule has 2 N–H and O–H groups in total. The highest BCUT2D eigenvalue weighted by molar-refractivity contribution is 5.96. The summed E-state index contributed by atoms with van der Waals surface area (Å²) in [5.74, 6) is -0.762. The molecule has 0 fully saturated rings. The number of fused-ring (bicyclic) bond motifs is 1. The van der Waals surface area contributed by atoms with E-state index in [1.54, 1.807) is 36.9 Å². The average Bonchev–Trinajstić information content (AvgIpc) is 3.17. The number of alkyl halides is 3. The summed E-state index contributed by atoms with van der Waals surface area (Å²) in [7, 11) is 0. The molecule has 0 aromatic heterocycles. The van der Waals surface area contributed by atoms with Crippen LogP contribution in [-0.4, -0.2) is 36.6 Å². The zero-order valence-corrected chi connectivity index (χ0v) is 18.5. The molecule has 0 saturated carbocycles. The Morgan fingerprint density at radius 3 is 2.61 bits per heavy atom. The Labute approximate surface area is 190 Å². The highest BCUT2D eigenvalue weighted by atomic mass is 19.4. The van der Waals surface area contributed by atoms with E-state index in [0.29, 0.717) is 24.3 Å². The molecule has 2 aromatic carbocycles. The van der Waals surface area contributed by atoms with Crippen LogP contribution in [0.4, 0.5) is 18.9 Å². The van der Waals surface area contributed by atoms with Crippen molar-refractivity contribution in [2.75, 3.05) is 24.5 Å². The van der Waals surface area contributed by atoms with E-state index < -0.39 is 17.7 Å². The van der Waals surface area contributed by atoms with E-state index in [1.807, 2.05) is 6.07 Å². The minimum Gasteiger partial charge on any atom is -0.489 e. The molecule has 0 atom stereocenters. The van der Waals surface area contributed by atoms with Crippen molar-refractivity contribution >= 4 is 17.6 Å². The number of carbonyl (C=O) groups is 2. The van der Waals surface area contributed by atoms with E-state index in [9.17, 15) is 22.8 Å². The second kappa shape index (κ2) is 10.2. The number of carbonyl (C=O) groups excluding carboxylic acids is 1. The number of ether oxygens (including phenoxy) is 1. The molecule has 1 aliphatic heterocycles. The second-order valence-corrected chi connectivity index (χ2v) is 8.27. The monoisotopic (exact) mass is 464 g/mol. The molecule has 0 spiro atoms. The van der Waals surface area contributed by atoms with Crippen molar-refractivity contribution < 1.29 is 32.6 Å². The van der Waals surface area contributed by atoms with Crippen LogP contribution in [0.15, 0.2) is 36.4 Å². The van der Waals surface area contributed by atoms with Crippen LogP contribution in [0, 0.1) is 0 Å². The Morgan fingerprint density at radius 2 is 1.94 bits per heavy atom. The number of benzene rings is 2. The van der Waals surface area contributed by atoms with Gasteiger partial charge in [-0.3, -0.25) is 9.59 Å². The quantitative estimate of drug-likeness (QED) is 0.539. The van der Waals surface area contributed by atoms with Gasteiger partial charge in [-0.05, 0) is 53.3 Å². The van der Waals surface area contributed by atoms with Gasteiger partial charge in [-0.25, -0.2) is 0 Å². The highest BCUT2D eigenvalue weighted by Crippen LogP contribution is 2.36. The van der Waals surface area contributed by atoms with E-state index in [4.69, 9.17) is 9.84 Å². The number of anilines is 1. The topological polar surface area (TPSA) is 78.9 Å². The molecule has 178 valence electrons. The molecule has 0 saturated heterocycles. The molecule has 6 nitrogen and oxygen atoms in total. The van der Waals surface area contributed by atoms with E-state index in [0.717, 1.165) is 17.3 Å². The fourth-order valence-corrected chi connectivity index (χ4v) is 3.82. The average molecular weight is 464 g/mol. The summed E-state index contributed by atoms with van der Waals surface area (Å²) in [4.78, 5) is 24.6. The predicted molar refractivity (Wildman–Crippen MR) is 117 cm³/mol. The first-order valence-electron chi connectivity index (χ1n) is 10.7. The maximum atomic E-state index is 13.2. The number of carboxylic acid groups (broad SMARTS) is 1. The number of carboxylic acids is 1. The fraction of sp³-hybridized carbons (Fsp3) is 0.417. The first kappa shape index (κ1) is 24.6. The maximum Gasteiger partial charge on any atom is 0.416 e. The highest BCUT2D eigenvalue weighted by Gasteiger charge is 2.34. The third-order valence-corrected chi connectivity index (χ3v) is 5.49. The molecule has 9 heteroatoms. The van der Waals surface area contributed by atoms with Crippen molar-refractivity contribution in [3.8, 4) is 5.75 Å². The van der Waals surface area contributed by atoms with Crippen molar-refractivity contribution in [3.63, 3.8) is 0 Å². The number of rotatable bonds is 9. The molecule has 0 aliphatic carbocycles. The van der Waals surface area contributed by atoms with Crippen LogP contribution >= 0.6 is 0 Å². The number of hydrogen-bond donors (Lipinski definition) is 2. The Balaban J connectivity index is 1.63. The minimum absolute atomic E-state index is 0.0527. The predicted octanol–water partition coefficient (Wildman–Crippen LogP) is 4.36. The molecule has 0 radical (unpaired) electrons. The molecule has 3 rings (SSSR count). The van der Waals surface area contributed by atoms with Gasteiger partial charge in [-0.1, -0.05) is 26.0 Å². The van der Waals surface area contributed by atoms with Gasteiger partial charge in [0.15, 0.2) is 0 Å². The lowest BCUT2D eigenvalue weighted by molar-refractivity contribution is -0.138. The van der Waals surface area contributed by atoms with Crippen molar-refractivity contribution in [2.24, 2.45) is 0 Å². The van der Waals surface area contributed by atoms with E-state index in [1.165, 1.54) is 6.07 Å². The molecule has 0 bridgehead atoms. The number of nitrogens with zero attached hydrogens (tertiary/aromatic N) is 1.